The second-order valence-corrected chi connectivity index (χ2v) is 7.34. The fourth-order valence-corrected chi connectivity index (χ4v) is 3.61. The third-order valence-corrected chi connectivity index (χ3v) is 5.31. The zero-order valence-corrected chi connectivity index (χ0v) is 19.4. The van der Waals surface area contributed by atoms with Crippen LogP contribution in [-0.2, 0) is 11.3 Å². The van der Waals surface area contributed by atoms with E-state index in [4.69, 9.17) is 4.74 Å². The molecule has 1 aliphatic heterocycles. The topological polar surface area (TPSA) is 45.7 Å². The van der Waals surface area contributed by atoms with Gasteiger partial charge >= 0.3 is 0 Å². The van der Waals surface area contributed by atoms with Crippen LogP contribution >= 0.6 is 24.0 Å². The minimum absolute atomic E-state index is 0. The van der Waals surface area contributed by atoms with Crippen LogP contribution in [0.15, 0.2) is 53.5 Å². The van der Waals surface area contributed by atoms with Gasteiger partial charge in [-0.05, 0) is 43.4 Å². The van der Waals surface area contributed by atoms with Crippen molar-refractivity contribution in [2.75, 3.05) is 20.2 Å². The van der Waals surface area contributed by atoms with E-state index in [9.17, 15) is 0 Å². The second kappa shape index (κ2) is 11.4. The highest BCUT2D eigenvalue weighted by molar-refractivity contribution is 14.0. The minimum Gasteiger partial charge on any atom is -0.373 e. The quantitative estimate of drug-likeness (QED) is 0.359. The van der Waals surface area contributed by atoms with E-state index in [-0.39, 0.29) is 30.1 Å². The summed E-state index contributed by atoms with van der Waals surface area (Å²) in [6, 6.07) is 17.2. The molecule has 5 heteroatoms. The first-order valence-electron chi connectivity index (χ1n) is 9.84. The van der Waals surface area contributed by atoms with Crippen molar-refractivity contribution in [3.63, 3.8) is 0 Å². The third-order valence-electron chi connectivity index (χ3n) is 5.31. The maximum absolute atomic E-state index is 6.13. The number of nitrogens with one attached hydrogen (secondary N) is 2. The van der Waals surface area contributed by atoms with E-state index < -0.39 is 0 Å². The number of aliphatic imine (C=N–C) groups is 1. The average Bonchev–Trinajstić information content (AvgIpc) is 2.70. The molecule has 2 N–H and O–H groups in total. The van der Waals surface area contributed by atoms with Crippen LogP contribution in [0.25, 0.3) is 0 Å². The van der Waals surface area contributed by atoms with Crippen LogP contribution in [0.5, 0.6) is 0 Å². The number of hydrogen-bond acceptors (Lipinski definition) is 2. The van der Waals surface area contributed by atoms with E-state index in [2.05, 4.69) is 78.0 Å². The lowest BCUT2D eigenvalue weighted by molar-refractivity contribution is -0.0265. The number of hydrogen-bond donors (Lipinski definition) is 2. The first-order valence-corrected chi connectivity index (χ1v) is 9.84. The molecule has 0 amide bonds. The predicted molar refractivity (Wildman–Crippen MR) is 127 cm³/mol. The number of rotatable bonds is 5. The van der Waals surface area contributed by atoms with E-state index in [0.717, 1.165) is 32.1 Å². The molecule has 4 nitrogen and oxygen atoms in total. The fraction of sp³-hybridized carbons (Fsp3) is 0.435. The molecule has 0 bridgehead atoms. The molecule has 0 spiro atoms. The summed E-state index contributed by atoms with van der Waals surface area (Å²) in [5, 5.41) is 6.93. The van der Waals surface area contributed by atoms with E-state index in [1.807, 2.05) is 7.05 Å². The second-order valence-electron chi connectivity index (χ2n) is 7.34. The van der Waals surface area contributed by atoms with Crippen LogP contribution in [0.2, 0.25) is 0 Å². The molecule has 152 valence electrons. The molecule has 2 unspecified atom stereocenters. The van der Waals surface area contributed by atoms with E-state index in [0.29, 0.717) is 5.92 Å². The number of benzene rings is 2. The van der Waals surface area contributed by atoms with E-state index in [1.165, 1.54) is 28.7 Å². The Morgan fingerprint density at radius 1 is 1.07 bits per heavy atom. The zero-order valence-electron chi connectivity index (χ0n) is 17.1. The lowest BCUT2D eigenvalue weighted by atomic mass is 9.89. The summed E-state index contributed by atoms with van der Waals surface area (Å²) in [5.41, 5.74) is 5.14. The normalized spacial score (nSPS) is 19.6. The highest BCUT2D eigenvalue weighted by Gasteiger charge is 2.27. The number of guanidine groups is 1. The van der Waals surface area contributed by atoms with Crippen LogP contribution in [0.4, 0.5) is 0 Å². The van der Waals surface area contributed by atoms with Crippen LogP contribution in [0, 0.1) is 19.8 Å². The Balaban J connectivity index is 0.00000280. The van der Waals surface area contributed by atoms with Crippen LogP contribution in [0.3, 0.4) is 0 Å². The first kappa shape index (κ1) is 22.7. The van der Waals surface area contributed by atoms with Crippen LogP contribution in [-0.4, -0.2) is 26.2 Å². The van der Waals surface area contributed by atoms with Crippen LogP contribution < -0.4 is 10.6 Å². The molecular weight excluding hydrogens is 461 g/mol. The van der Waals surface area contributed by atoms with Gasteiger partial charge in [-0.1, -0.05) is 54.1 Å². The van der Waals surface area contributed by atoms with Gasteiger partial charge in [0.15, 0.2) is 5.96 Å². The number of ether oxygens (including phenoxy) is 1. The van der Waals surface area contributed by atoms with E-state index in [1.54, 1.807) is 0 Å². The van der Waals surface area contributed by atoms with Gasteiger partial charge in [0.2, 0.25) is 0 Å². The zero-order chi connectivity index (χ0) is 19.1. The monoisotopic (exact) mass is 493 g/mol. The lowest BCUT2D eigenvalue weighted by Crippen LogP contribution is -2.41. The minimum atomic E-state index is 0. The largest absolute Gasteiger partial charge is 0.373 e. The van der Waals surface area contributed by atoms with Gasteiger partial charge in [0.1, 0.15) is 0 Å². The molecule has 0 radical (unpaired) electrons. The van der Waals surface area contributed by atoms with Crippen molar-refractivity contribution >= 4 is 29.9 Å². The predicted octanol–water partition coefficient (Wildman–Crippen LogP) is 4.75. The summed E-state index contributed by atoms with van der Waals surface area (Å²) in [5.74, 6) is 1.28. The van der Waals surface area contributed by atoms with Crippen molar-refractivity contribution in [2.45, 2.75) is 39.3 Å². The van der Waals surface area contributed by atoms with Gasteiger partial charge in [-0.25, -0.2) is 0 Å². The molecule has 0 aromatic heterocycles. The molecule has 1 saturated heterocycles. The molecule has 1 fully saturated rings. The molecule has 28 heavy (non-hydrogen) atoms. The molecule has 1 aliphatic rings. The molecule has 0 saturated carbocycles. The summed E-state index contributed by atoms with van der Waals surface area (Å²) in [6.07, 6.45) is 2.44. The van der Waals surface area contributed by atoms with Gasteiger partial charge in [0.25, 0.3) is 0 Å². The number of aryl methyl sites for hydroxylation is 2. The Morgan fingerprint density at radius 3 is 2.54 bits per heavy atom. The third kappa shape index (κ3) is 6.21. The van der Waals surface area contributed by atoms with Crippen molar-refractivity contribution in [3.05, 3.63) is 70.8 Å². The fourth-order valence-electron chi connectivity index (χ4n) is 3.61. The molecule has 2 aromatic carbocycles. The lowest BCUT2D eigenvalue weighted by Gasteiger charge is -2.32. The Hall–Kier alpha value is -1.60. The maximum atomic E-state index is 6.13. The summed E-state index contributed by atoms with van der Waals surface area (Å²) in [4.78, 5) is 4.38. The number of halogens is 1. The van der Waals surface area contributed by atoms with Crippen molar-refractivity contribution in [3.8, 4) is 0 Å². The van der Waals surface area contributed by atoms with Crippen molar-refractivity contribution in [1.82, 2.24) is 10.6 Å². The molecule has 0 aliphatic carbocycles. The first-order chi connectivity index (χ1) is 13.2. The Morgan fingerprint density at radius 2 is 1.82 bits per heavy atom. The molecule has 2 atom stereocenters. The summed E-state index contributed by atoms with van der Waals surface area (Å²) in [6.45, 7) is 6.73. The summed E-state index contributed by atoms with van der Waals surface area (Å²) < 4.78 is 6.13. The molecular formula is C23H32IN3O. The highest BCUT2D eigenvalue weighted by Crippen LogP contribution is 2.33. The van der Waals surface area contributed by atoms with Gasteiger partial charge in [0, 0.05) is 32.7 Å². The van der Waals surface area contributed by atoms with Crippen LogP contribution in [0.1, 0.15) is 41.2 Å². The van der Waals surface area contributed by atoms with E-state index >= 15 is 0 Å². The van der Waals surface area contributed by atoms with Gasteiger partial charge in [-0.3, -0.25) is 4.99 Å². The van der Waals surface area contributed by atoms with Crippen molar-refractivity contribution in [2.24, 2.45) is 10.9 Å². The molecule has 1 heterocycles. The smallest absolute Gasteiger partial charge is 0.191 e. The molecule has 3 rings (SSSR count). The summed E-state index contributed by atoms with van der Waals surface area (Å²) >= 11 is 0. The standard InChI is InChI=1S/C23H31N3O.HI/c1-17-10-12-19(13-11-17)22-21(9-6-14-27-22)16-26-23(24-3)25-15-20-8-5-4-7-18(20)2;/h4-5,7-8,10-13,21-22H,6,9,14-16H2,1-3H3,(H2,24,25,26);1H. The van der Waals surface area contributed by atoms with Gasteiger partial charge in [0.05, 0.1) is 6.10 Å². The molecule has 2 aromatic rings. The Kier molecular flexibility index (Phi) is 9.25. The maximum Gasteiger partial charge on any atom is 0.191 e. The highest BCUT2D eigenvalue weighted by atomic mass is 127. The Labute approximate surface area is 186 Å². The SMILES string of the molecule is CN=C(NCc1ccccc1C)NCC1CCCOC1c1ccc(C)cc1.I. The van der Waals surface area contributed by atoms with Crippen molar-refractivity contribution in [1.29, 1.82) is 0 Å². The number of nitrogens with zero attached hydrogens (tertiary/aromatic N) is 1. The van der Waals surface area contributed by atoms with Crippen molar-refractivity contribution < 1.29 is 4.74 Å². The average molecular weight is 493 g/mol. The van der Waals surface area contributed by atoms with Gasteiger partial charge in [-0.15, -0.1) is 24.0 Å². The Bertz CT molecular complexity index is 761. The van der Waals surface area contributed by atoms with Gasteiger partial charge in [-0.2, -0.15) is 0 Å². The van der Waals surface area contributed by atoms with Gasteiger partial charge < -0.3 is 15.4 Å². The summed E-state index contributed by atoms with van der Waals surface area (Å²) in [7, 11) is 1.82.